The lowest BCUT2D eigenvalue weighted by Crippen LogP contribution is -2.20. The summed E-state index contributed by atoms with van der Waals surface area (Å²) in [5, 5.41) is 3.22. The molecule has 0 radical (unpaired) electrons. The zero-order valence-electron chi connectivity index (χ0n) is 12.5. The number of hydrogen-bond donors (Lipinski definition) is 1. The average molecular weight is 373 g/mol. The Hall–Kier alpha value is -0.390. The fourth-order valence-electron chi connectivity index (χ4n) is 2.75. The second-order valence-corrected chi connectivity index (χ2v) is 7.79. The van der Waals surface area contributed by atoms with Gasteiger partial charge >= 0.3 is 0 Å². The highest BCUT2D eigenvalue weighted by molar-refractivity contribution is 14.1. The lowest BCUT2D eigenvalue weighted by atomic mass is 9.91. The van der Waals surface area contributed by atoms with Gasteiger partial charge in [0.1, 0.15) is 11.6 Å². The van der Waals surface area contributed by atoms with E-state index in [1.807, 2.05) is 7.05 Å². The molecule has 0 aliphatic heterocycles. The van der Waals surface area contributed by atoms with Crippen LogP contribution in [0.15, 0.2) is 0 Å². The van der Waals surface area contributed by atoms with E-state index in [2.05, 4.69) is 55.6 Å². The van der Waals surface area contributed by atoms with Crippen molar-refractivity contribution in [2.24, 2.45) is 5.92 Å². The van der Waals surface area contributed by atoms with Gasteiger partial charge in [-0.15, -0.1) is 0 Å². The van der Waals surface area contributed by atoms with Gasteiger partial charge in [0.05, 0.1) is 9.26 Å². The third kappa shape index (κ3) is 3.20. The van der Waals surface area contributed by atoms with Crippen molar-refractivity contribution in [1.29, 1.82) is 0 Å². The van der Waals surface area contributed by atoms with E-state index in [1.54, 1.807) is 0 Å². The summed E-state index contributed by atoms with van der Waals surface area (Å²) in [6.07, 6.45) is 3.77. The van der Waals surface area contributed by atoms with Gasteiger partial charge in [-0.3, -0.25) is 0 Å². The molecule has 4 heteroatoms. The molecule has 0 aromatic carbocycles. The maximum absolute atomic E-state index is 4.91. The highest BCUT2D eigenvalue weighted by atomic mass is 127. The summed E-state index contributed by atoms with van der Waals surface area (Å²) in [6, 6.07) is 0. The number of aromatic nitrogens is 2. The Balaban J connectivity index is 2.45. The van der Waals surface area contributed by atoms with E-state index >= 15 is 0 Å². The molecular weight excluding hydrogens is 349 g/mol. The van der Waals surface area contributed by atoms with Crippen molar-refractivity contribution in [1.82, 2.24) is 9.97 Å². The van der Waals surface area contributed by atoms with Gasteiger partial charge in [0.2, 0.25) is 0 Å². The molecule has 0 amide bonds. The highest BCUT2D eigenvalue weighted by Crippen LogP contribution is 2.38. The number of hydrogen-bond acceptors (Lipinski definition) is 3. The van der Waals surface area contributed by atoms with E-state index in [4.69, 9.17) is 9.97 Å². The first-order valence-corrected chi connectivity index (χ1v) is 8.16. The van der Waals surface area contributed by atoms with E-state index in [0.29, 0.717) is 5.92 Å². The van der Waals surface area contributed by atoms with E-state index in [-0.39, 0.29) is 5.41 Å². The Morgan fingerprint density at radius 1 is 1.21 bits per heavy atom. The van der Waals surface area contributed by atoms with Crippen molar-refractivity contribution in [3.8, 4) is 0 Å². The molecule has 0 saturated heterocycles. The summed E-state index contributed by atoms with van der Waals surface area (Å²) in [5.74, 6) is 3.37. The smallest absolute Gasteiger partial charge is 0.143 e. The second-order valence-electron chi connectivity index (χ2n) is 6.71. The molecule has 1 aliphatic rings. The number of nitrogens with one attached hydrogen (secondary N) is 1. The van der Waals surface area contributed by atoms with Gasteiger partial charge in [0.15, 0.2) is 0 Å². The van der Waals surface area contributed by atoms with E-state index in [1.165, 1.54) is 25.0 Å². The molecule has 1 fully saturated rings. The van der Waals surface area contributed by atoms with Crippen molar-refractivity contribution in [3.05, 3.63) is 15.1 Å². The Morgan fingerprint density at radius 2 is 1.89 bits per heavy atom. The minimum absolute atomic E-state index is 0.0596. The van der Waals surface area contributed by atoms with Crippen molar-refractivity contribution < 1.29 is 0 Å². The first kappa shape index (κ1) is 15.0. The van der Waals surface area contributed by atoms with Crippen LogP contribution in [0.3, 0.4) is 0 Å². The standard InChI is InChI=1S/C15H24IN3/c1-9-6-7-10(8-9)13-18-12(15(2,3)4)11(16)14(17-5)19-13/h9-10H,6-8H2,1-5H3,(H,17,18,19). The molecular formula is C15H24IN3. The van der Waals surface area contributed by atoms with E-state index in [9.17, 15) is 0 Å². The Labute approximate surface area is 130 Å². The maximum atomic E-state index is 4.91. The van der Waals surface area contributed by atoms with Gasteiger partial charge in [-0.25, -0.2) is 9.97 Å². The van der Waals surface area contributed by atoms with Crippen molar-refractivity contribution in [2.45, 2.75) is 58.3 Å². The monoisotopic (exact) mass is 373 g/mol. The Kier molecular flexibility index (Phi) is 4.38. The van der Waals surface area contributed by atoms with Crippen LogP contribution in [-0.2, 0) is 5.41 Å². The van der Waals surface area contributed by atoms with Crippen LogP contribution in [0.1, 0.15) is 64.4 Å². The largest absolute Gasteiger partial charge is 0.372 e. The quantitative estimate of drug-likeness (QED) is 0.785. The summed E-state index contributed by atoms with van der Waals surface area (Å²) in [4.78, 5) is 9.66. The molecule has 2 rings (SSSR count). The predicted octanol–water partition coefficient (Wildman–Crippen LogP) is 4.32. The van der Waals surface area contributed by atoms with Crippen LogP contribution in [0.2, 0.25) is 0 Å². The Morgan fingerprint density at radius 3 is 2.37 bits per heavy atom. The van der Waals surface area contributed by atoms with Crippen LogP contribution in [0.25, 0.3) is 0 Å². The number of halogens is 1. The molecule has 106 valence electrons. The van der Waals surface area contributed by atoms with Crippen LogP contribution >= 0.6 is 22.6 Å². The van der Waals surface area contributed by atoms with Gasteiger partial charge in [-0.2, -0.15) is 0 Å². The molecule has 0 spiro atoms. The lowest BCUT2D eigenvalue weighted by Gasteiger charge is -2.23. The number of rotatable bonds is 2. The minimum atomic E-state index is 0.0596. The highest BCUT2D eigenvalue weighted by Gasteiger charge is 2.29. The fraction of sp³-hybridized carbons (Fsp3) is 0.733. The maximum Gasteiger partial charge on any atom is 0.143 e. The number of nitrogens with zero attached hydrogens (tertiary/aromatic N) is 2. The molecule has 1 aliphatic carbocycles. The fourth-order valence-corrected chi connectivity index (χ4v) is 4.07. The van der Waals surface area contributed by atoms with Crippen LogP contribution in [0, 0.1) is 9.49 Å². The molecule has 0 bridgehead atoms. The van der Waals surface area contributed by atoms with Crippen LogP contribution < -0.4 is 5.32 Å². The SMILES string of the molecule is CNc1nc(C2CCC(C)C2)nc(C(C)(C)C)c1I. The van der Waals surface area contributed by atoms with Gasteiger partial charge < -0.3 is 5.32 Å². The van der Waals surface area contributed by atoms with Crippen LogP contribution in [0.4, 0.5) is 5.82 Å². The third-order valence-corrected chi connectivity index (χ3v) is 4.90. The molecule has 1 N–H and O–H groups in total. The summed E-state index contributed by atoms with van der Waals surface area (Å²) in [5.41, 5.74) is 1.23. The summed E-state index contributed by atoms with van der Waals surface area (Å²) in [6.45, 7) is 8.99. The van der Waals surface area contributed by atoms with Crippen LogP contribution in [-0.4, -0.2) is 17.0 Å². The van der Waals surface area contributed by atoms with Crippen molar-refractivity contribution in [3.63, 3.8) is 0 Å². The summed E-state index contributed by atoms with van der Waals surface area (Å²) in [7, 11) is 1.94. The minimum Gasteiger partial charge on any atom is -0.372 e. The number of anilines is 1. The normalized spacial score (nSPS) is 23.7. The second kappa shape index (κ2) is 5.54. The van der Waals surface area contributed by atoms with E-state index in [0.717, 1.165) is 21.1 Å². The van der Waals surface area contributed by atoms with E-state index < -0.39 is 0 Å². The van der Waals surface area contributed by atoms with Gasteiger partial charge in [-0.1, -0.05) is 27.7 Å². The first-order chi connectivity index (χ1) is 8.82. The average Bonchev–Trinajstić information content (AvgIpc) is 2.74. The van der Waals surface area contributed by atoms with Gasteiger partial charge in [0, 0.05) is 18.4 Å². The van der Waals surface area contributed by atoms with Crippen molar-refractivity contribution >= 4 is 28.4 Å². The molecule has 1 saturated carbocycles. The third-order valence-electron chi connectivity index (χ3n) is 3.88. The van der Waals surface area contributed by atoms with Crippen molar-refractivity contribution in [2.75, 3.05) is 12.4 Å². The summed E-state index contributed by atoms with van der Waals surface area (Å²) >= 11 is 2.36. The zero-order chi connectivity index (χ0) is 14.2. The molecule has 3 nitrogen and oxygen atoms in total. The molecule has 1 heterocycles. The topological polar surface area (TPSA) is 37.8 Å². The Bertz CT molecular complexity index is 465. The molecule has 1 aromatic rings. The lowest BCUT2D eigenvalue weighted by molar-refractivity contribution is 0.542. The van der Waals surface area contributed by atoms with Gasteiger partial charge in [-0.05, 0) is 47.8 Å². The summed E-state index contributed by atoms with van der Waals surface area (Å²) < 4.78 is 1.15. The molecule has 2 unspecified atom stereocenters. The zero-order valence-corrected chi connectivity index (χ0v) is 14.7. The molecule has 1 aromatic heterocycles. The molecule has 2 atom stereocenters. The first-order valence-electron chi connectivity index (χ1n) is 7.08. The van der Waals surface area contributed by atoms with Gasteiger partial charge in [0.25, 0.3) is 0 Å². The van der Waals surface area contributed by atoms with Crippen LogP contribution in [0.5, 0.6) is 0 Å². The molecule has 19 heavy (non-hydrogen) atoms. The predicted molar refractivity (Wildman–Crippen MR) is 88.8 cm³/mol.